The first-order chi connectivity index (χ1) is 15.1. The first-order valence-corrected chi connectivity index (χ1v) is 11.2. The molecule has 0 radical (unpaired) electrons. The largest absolute Gasteiger partial charge is 0.272 e. The minimum absolute atomic E-state index is 0.0648. The molecule has 0 aliphatic heterocycles. The maximum atomic E-state index is 13.1. The van der Waals surface area contributed by atoms with Gasteiger partial charge in [-0.3, -0.25) is 14.2 Å². The highest BCUT2D eigenvalue weighted by Crippen LogP contribution is 2.21. The van der Waals surface area contributed by atoms with E-state index in [4.69, 9.17) is 0 Å². The molecule has 6 nitrogen and oxygen atoms in total. The van der Waals surface area contributed by atoms with Crippen molar-refractivity contribution in [3.05, 3.63) is 99.3 Å². The van der Waals surface area contributed by atoms with Crippen molar-refractivity contribution in [2.75, 3.05) is 5.75 Å². The quantitative estimate of drug-likeness (QED) is 0.187. The standard InChI is InChI=1S/C23H17BrN4O2S/c24-17-12-10-16(11-13-17)14-25-27-21(29)15-31-23-26-20-9-5-4-8-19(20)22(30)28(23)18-6-2-1-3-7-18/h1-14H,15H2,(H,27,29). The van der Waals surface area contributed by atoms with E-state index >= 15 is 0 Å². The van der Waals surface area contributed by atoms with Crippen molar-refractivity contribution >= 4 is 50.7 Å². The van der Waals surface area contributed by atoms with Gasteiger partial charge in [0.15, 0.2) is 5.16 Å². The minimum atomic E-state index is -0.291. The summed E-state index contributed by atoms with van der Waals surface area (Å²) in [7, 11) is 0. The summed E-state index contributed by atoms with van der Waals surface area (Å²) in [6, 6.07) is 24.0. The molecule has 0 bridgehead atoms. The average Bonchev–Trinajstić information content (AvgIpc) is 2.80. The zero-order chi connectivity index (χ0) is 21.6. The molecule has 8 heteroatoms. The molecule has 0 aliphatic rings. The normalized spacial score (nSPS) is 11.1. The van der Waals surface area contributed by atoms with Gasteiger partial charge in [0.05, 0.1) is 28.6 Å². The van der Waals surface area contributed by atoms with Crippen LogP contribution < -0.4 is 11.0 Å². The van der Waals surface area contributed by atoms with Gasteiger partial charge in [-0.2, -0.15) is 5.10 Å². The smallest absolute Gasteiger partial charge is 0.266 e. The summed E-state index contributed by atoms with van der Waals surface area (Å²) >= 11 is 4.56. The molecule has 1 amide bonds. The molecule has 0 fully saturated rings. The Hall–Kier alpha value is -3.23. The lowest BCUT2D eigenvalue weighted by Crippen LogP contribution is -2.24. The molecule has 31 heavy (non-hydrogen) atoms. The Morgan fingerprint density at radius 1 is 1.03 bits per heavy atom. The molecule has 3 aromatic carbocycles. The Labute approximate surface area is 191 Å². The minimum Gasteiger partial charge on any atom is -0.272 e. The SMILES string of the molecule is O=C(CSc1nc2ccccc2c(=O)n1-c1ccccc1)NN=Cc1ccc(Br)cc1. The van der Waals surface area contributed by atoms with Crippen LogP contribution in [0.5, 0.6) is 0 Å². The molecule has 1 heterocycles. The van der Waals surface area contributed by atoms with E-state index in [1.807, 2.05) is 66.7 Å². The number of halogens is 1. The number of fused-ring (bicyclic) bond motifs is 1. The molecular weight excluding hydrogens is 476 g/mol. The third-order valence-corrected chi connectivity index (χ3v) is 5.83. The number of benzene rings is 3. The van der Waals surface area contributed by atoms with Gasteiger partial charge in [0.2, 0.25) is 0 Å². The van der Waals surface area contributed by atoms with Crippen LogP contribution in [0.2, 0.25) is 0 Å². The first-order valence-electron chi connectivity index (χ1n) is 9.39. The number of thioether (sulfide) groups is 1. The van der Waals surface area contributed by atoms with Gasteiger partial charge in [-0.05, 0) is 42.0 Å². The van der Waals surface area contributed by atoms with E-state index < -0.39 is 0 Å². The molecule has 4 aromatic rings. The molecule has 0 unspecified atom stereocenters. The molecule has 0 saturated heterocycles. The Kier molecular flexibility index (Phi) is 6.59. The van der Waals surface area contributed by atoms with Crippen molar-refractivity contribution < 1.29 is 4.79 Å². The van der Waals surface area contributed by atoms with E-state index in [0.29, 0.717) is 21.7 Å². The number of rotatable bonds is 6. The number of nitrogens with one attached hydrogen (secondary N) is 1. The molecule has 0 saturated carbocycles. The topological polar surface area (TPSA) is 76.3 Å². The Morgan fingerprint density at radius 2 is 1.74 bits per heavy atom. The van der Waals surface area contributed by atoms with E-state index in [-0.39, 0.29) is 17.2 Å². The lowest BCUT2D eigenvalue weighted by molar-refractivity contribution is -0.118. The fourth-order valence-electron chi connectivity index (χ4n) is 2.90. The van der Waals surface area contributed by atoms with Crippen LogP contribution >= 0.6 is 27.7 Å². The summed E-state index contributed by atoms with van der Waals surface area (Å²) in [6.45, 7) is 0. The zero-order valence-electron chi connectivity index (χ0n) is 16.2. The number of amides is 1. The van der Waals surface area contributed by atoms with Gasteiger partial charge >= 0.3 is 0 Å². The number of hydrazone groups is 1. The van der Waals surface area contributed by atoms with E-state index in [1.54, 1.807) is 18.3 Å². The van der Waals surface area contributed by atoms with E-state index in [9.17, 15) is 9.59 Å². The van der Waals surface area contributed by atoms with Crippen LogP contribution in [0.4, 0.5) is 0 Å². The maximum absolute atomic E-state index is 13.1. The number of carbonyl (C=O) groups excluding carboxylic acids is 1. The number of hydrogen-bond donors (Lipinski definition) is 1. The van der Waals surface area contributed by atoms with Crippen molar-refractivity contribution in [3.63, 3.8) is 0 Å². The van der Waals surface area contributed by atoms with E-state index in [0.717, 1.165) is 10.0 Å². The molecule has 1 N–H and O–H groups in total. The van der Waals surface area contributed by atoms with Gasteiger partial charge < -0.3 is 0 Å². The van der Waals surface area contributed by atoms with Gasteiger partial charge in [-0.1, -0.05) is 70.2 Å². The number of hydrogen-bond acceptors (Lipinski definition) is 5. The lowest BCUT2D eigenvalue weighted by Gasteiger charge is -2.12. The van der Waals surface area contributed by atoms with Gasteiger partial charge in [0.25, 0.3) is 11.5 Å². The Morgan fingerprint density at radius 3 is 2.52 bits per heavy atom. The summed E-state index contributed by atoms with van der Waals surface area (Å²) < 4.78 is 2.50. The summed E-state index contributed by atoms with van der Waals surface area (Å²) in [4.78, 5) is 30.0. The Bertz CT molecular complexity index is 1300. The second-order valence-electron chi connectivity index (χ2n) is 6.52. The fourth-order valence-corrected chi connectivity index (χ4v) is 3.97. The van der Waals surface area contributed by atoms with Crippen LogP contribution in [0, 0.1) is 0 Å². The highest BCUT2D eigenvalue weighted by atomic mass is 79.9. The molecule has 1 aromatic heterocycles. The number of para-hydroxylation sites is 2. The predicted octanol–water partition coefficient (Wildman–Crippen LogP) is 4.39. The van der Waals surface area contributed by atoms with Crippen molar-refractivity contribution in [1.82, 2.24) is 15.0 Å². The van der Waals surface area contributed by atoms with Crippen molar-refractivity contribution in [3.8, 4) is 5.69 Å². The third kappa shape index (κ3) is 5.10. The number of aromatic nitrogens is 2. The summed E-state index contributed by atoms with van der Waals surface area (Å²) in [5.74, 6) is -0.227. The van der Waals surface area contributed by atoms with Gasteiger partial charge in [-0.15, -0.1) is 0 Å². The van der Waals surface area contributed by atoms with Crippen LogP contribution in [-0.4, -0.2) is 27.4 Å². The fraction of sp³-hybridized carbons (Fsp3) is 0.0435. The highest BCUT2D eigenvalue weighted by molar-refractivity contribution is 9.10. The number of carbonyl (C=O) groups is 1. The summed E-state index contributed by atoms with van der Waals surface area (Å²) in [5.41, 5.74) is 4.49. The van der Waals surface area contributed by atoms with Gasteiger partial charge in [-0.25, -0.2) is 10.4 Å². The van der Waals surface area contributed by atoms with Crippen LogP contribution in [0.15, 0.2) is 98.4 Å². The number of nitrogens with zero attached hydrogens (tertiary/aromatic N) is 3. The van der Waals surface area contributed by atoms with Crippen LogP contribution in [0.1, 0.15) is 5.56 Å². The molecule has 154 valence electrons. The summed E-state index contributed by atoms with van der Waals surface area (Å²) in [6.07, 6.45) is 1.57. The molecule has 0 spiro atoms. The van der Waals surface area contributed by atoms with Crippen molar-refractivity contribution in [2.45, 2.75) is 5.16 Å². The lowest BCUT2D eigenvalue weighted by atomic mass is 10.2. The summed E-state index contributed by atoms with van der Waals surface area (Å²) in [5, 5.41) is 4.96. The second-order valence-corrected chi connectivity index (χ2v) is 8.38. The monoisotopic (exact) mass is 492 g/mol. The zero-order valence-corrected chi connectivity index (χ0v) is 18.6. The average molecular weight is 493 g/mol. The van der Waals surface area contributed by atoms with E-state index in [1.165, 1.54) is 16.3 Å². The molecule has 4 rings (SSSR count). The van der Waals surface area contributed by atoms with Gasteiger partial charge in [0, 0.05) is 4.47 Å². The predicted molar refractivity (Wildman–Crippen MR) is 128 cm³/mol. The van der Waals surface area contributed by atoms with Gasteiger partial charge in [0.1, 0.15) is 0 Å². The van der Waals surface area contributed by atoms with Crippen LogP contribution in [0.25, 0.3) is 16.6 Å². The van der Waals surface area contributed by atoms with E-state index in [2.05, 4.69) is 31.4 Å². The van der Waals surface area contributed by atoms with Crippen molar-refractivity contribution in [1.29, 1.82) is 0 Å². The second kappa shape index (κ2) is 9.72. The van der Waals surface area contributed by atoms with Crippen LogP contribution in [-0.2, 0) is 4.79 Å². The Balaban J connectivity index is 1.54. The molecular formula is C23H17BrN4O2S. The first kappa shape index (κ1) is 21.0. The maximum Gasteiger partial charge on any atom is 0.266 e. The molecule has 0 atom stereocenters. The van der Waals surface area contributed by atoms with Crippen molar-refractivity contribution in [2.24, 2.45) is 5.10 Å². The molecule has 0 aliphatic carbocycles. The highest BCUT2D eigenvalue weighted by Gasteiger charge is 2.14. The van der Waals surface area contributed by atoms with Crippen LogP contribution in [0.3, 0.4) is 0 Å². The third-order valence-electron chi connectivity index (χ3n) is 4.36.